The van der Waals surface area contributed by atoms with Gasteiger partial charge < -0.3 is 5.32 Å². The largest absolute Gasteiger partial charge is 0.322 e. The number of benzene rings is 1. The summed E-state index contributed by atoms with van der Waals surface area (Å²) in [4.78, 5) is 12.7. The van der Waals surface area contributed by atoms with Gasteiger partial charge in [-0.3, -0.25) is 9.48 Å². The molecule has 0 aliphatic heterocycles. The lowest BCUT2D eigenvalue weighted by Crippen LogP contribution is -2.23. The molecule has 0 fully saturated rings. The summed E-state index contributed by atoms with van der Waals surface area (Å²) in [7, 11) is 1.86. The van der Waals surface area contributed by atoms with E-state index in [0.29, 0.717) is 5.16 Å². The highest BCUT2D eigenvalue weighted by Crippen LogP contribution is 2.27. The molecule has 8 nitrogen and oxygen atoms in total. The number of para-hydroxylation sites is 1. The van der Waals surface area contributed by atoms with Crippen molar-refractivity contribution in [2.75, 3.05) is 5.32 Å². The smallest absolute Gasteiger partial charge is 0.237 e. The Morgan fingerprint density at radius 1 is 1.19 bits per heavy atom. The second-order valence-corrected chi connectivity index (χ2v) is 7.84. The average Bonchev–Trinajstić information content (AvgIpc) is 3.14. The van der Waals surface area contributed by atoms with E-state index in [0.717, 1.165) is 33.9 Å². The van der Waals surface area contributed by atoms with Crippen LogP contribution in [0.5, 0.6) is 0 Å². The number of carbonyl (C=O) groups excluding carboxylic acids is 1. The lowest BCUT2D eigenvalue weighted by atomic mass is 10.1. The Balaban J connectivity index is 1.80. The van der Waals surface area contributed by atoms with Gasteiger partial charge >= 0.3 is 0 Å². The number of anilines is 1. The van der Waals surface area contributed by atoms with Gasteiger partial charge in [0.25, 0.3) is 0 Å². The monoisotopic (exact) mass is 385 g/mol. The standard InChI is InChI=1S/C18H23N7OS/c1-10-8-7-9-11(2)16(10)25-18(20-22-23-25)27-14(5)17(26)19-15-12(3)21-24(6)13(15)4/h7-9,14H,1-6H3,(H,19,26)/t14-/m1/s1. The Kier molecular flexibility index (Phi) is 5.31. The van der Waals surface area contributed by atoms with Crippen molar-refractivity contribution >= 4 is 23.4 Å². The third kappa shape index (κ3) is 3.73. The number of nitrogens with zero attached hydrogens (tertiary/aromatic N) is 6. The molecule has 0 aliphatic carbocycles. The van der Waals surface area contributed by atoms with E-state index in [2.05, 4.69) is 25.9 Å². The SMILES string of the molecule is Cc1cccc(C)c1-n1nnnc1S[C@H](C)C(=O)Nc1c(C)nn(C)c1C. The van der Waals surface area contributed by atoms with Crippen LogP contribution < -0.4 is 5.32 Å². The number of amides is 1. The molecule has 9 heteroatoms. The van der Waals surface area contributed by atoms with Crippen LogP contribution in [0.1, 0.15) is 29.4 Å². The van der Waals surface area contributed by atoms with Gasteiger partial charge in [-0.05, 0) is 56.2 Å². The lowest BCUT2D eigenvalue weighted by molar-refractivity contribution is -0.115. The molecule has 1 N–H and O–H groups in total. The molecule has 0 saturated carbocycles. The van der Waals surface area contributed by atoms with Gasteiger partial charge in [-0.15, -0.1) is 5.10 Å². The fourth-order valence-corrected chi connectivity index (χ4v) is 3.72. The molecule has 0 bridgehead atoms. The number of hydrogen-bond acceptors (Lipinski definition) is 6. The Hall–Kier alpha value is -2.68. The van der Waals surface area contributed by atoms with Gasteiger partial charge in [0, 0.05) is 7.05 Å². The predicted molar refractivity (Wildman–Crippen MR) is 105 cm³/mol. The Labute approximate surface area is 162 Å². The molecule has 1 amide bonds. The molecule has 0 spiro atoms. The molecule has 1 aromatic carbocycles. The molecule has 0 radical (unpaired) electrons. The maximum Gasteiger partial charge on any atom is 0.237 e. The Morgan fingerprint density at radius 2 is 1.85 bits per heavy atom. The van der Waals surface area contributed by atoms with Crippen LogP contribution in [-0.2, 0) is 11.8 Å². The van der Waals surface area contributed by atoms with Crippen molar-refractivity contribution < 1.29 is 4.79 Å². The van der Waals surface area contributed by atoms with E-state index in [1.807, 2.05) is 59.9 Å². The number of aryl methyl sites for hydroxylation is 4. The van der Waals surface area contributed by atoms with E-state index >= 15 is 0 Å². The molecule has 142 valence electrons. The summed E-state index contributed by atoms with van der Waals surface area (Å²) in [5.74, 6) is -0.116. The van der Waals surface area contributed by atoms with E-state index in [9.17, 15) is 4.79 Å². The van der Waals surface area contributed by atoms with Crippen LogP contribution in [0, 0.1) is 27.7 Å². The number of hydrogen-bond donors (Lipinski definition) is 1. The minimum Gasteiger partial charge on any atom is -0.322 e. The topological polar surface area (TPSA) is 90.5 Å². The normalized spacial score (nSPS) is 12.2. The maximum absolute atomic E-state index is 12.7. The van der Waals surface area contributed by atoms with E-state index in [-0.39, 0.29) is 11.2 Å². The van der Waals surface area contributed by atoms with Gasteiger partial charge in [-0.1, -0.05) is 30.0 Å². The van der Waals surface area contributed by atoms with Crippen molar-refractivity contribution in [2.24, 2.45) is 7.05 Å². The minimum absolute atomic E-state index is 0.116. The predicted octanol–water partition coefficient (Wildman–Crippen LogP) is 2.75. The van der Waals surface area contributed by atoms with Crippen molar-refractivity contribution in [1.29, 1.82) is 0 Å². The molecule has 3 rings (SSSR count). The van der Waals surface area contributed by atoms with Gasteiger partial charge in [-0.2, -0.15) is 9.78 Å². The highest BCUT2D eigenvalue weighted by Gasteiger charge is 2.22. The quantitative estimate of drug-likeness (QED) is 0.679. The molecule has 27 heavy (non-hydrogen) atoms. The van der Waals surface area contributed by atoms with Crippen LogP contribution in [0.15, 0.2) is 23.4 Å². The van der Waals surface area contributed by atoms with Gasteiger partial charge in [0.2, 0.25) is 11.1 Å². The van der Waals surface area contributed by atoms with E-state index in [4.69, 9.17) is 0 Å². The summed E-state index contributed by atoms with van der Waals surface area (Å²) >= 11 is 1.32. The lowest BCUT2D eigenvalue weighted by Gasteiger charge is -2.14. The third-order valence-electron chi connectivity index (χ3n) is 4.50. The summed E-state index contributed by atoms with van der Waals surface area (Å²) in [6.45, 7) is 9.67. The molecule has 3 aromatic rings. The van der Waals surface area contributed by atoms with Crippen LogP contribution in [0.3, 0.4) is 0 Å². The summed E-state index contributed by atoms with van der Waals surface area (Å²) in [5.41, 5.74) is 5.55. The van der Waals surface area contributed by atoms with E-state index < -0.39 is 0 Å². The Morgan fingerprint density at radius 3 is 2.44 bits per heavy atom. The molecular formula is C18H23N7OS. The first-order chi connectivity index (χ1) is 12.8. The van der Waals surface area contributed by atoms with Crippen molar-refractivity contribution in [3.63, 3.8) is 0 Å². The number of tetrazole rings is 1. The highest BCUT2D eigenvalue weighted by atomic mass is 32.2. The first-order valence-electron chi connectivity index (χ1n) is 8.62. The zero-order chi connectivity index (χ0) is 19.7. The summed E-state index contributed by atoms with van der Waals surface area (Å²) in [6, 6.07) is 6.03. The van der Waals surface area contributed by atoms with Crippen molar-refractivity contribution in [3.05, 3.63) is 40.7 Å². The number of aromatic nitrogens is 6. The van der Waals surface area contributed by atoms with Gasteiger partial charge in [0.05, 0.1) is 28.0 Å². The zero-order valence-electron chi connectivity index (χ0n) is 16.3. The van der Waals surface area contributed by atoms with Crippen molar-refractivity contribution in [2.45, 2.75) is 45.0 Å². The Bertz CT molecular complexity index is 972. The number of rotatable bonds is 5. The van der Waals surface area contributed by atoms with Crippen molar-refractivity contribution in [1.82, 2.24) is 30.0 Å². The molecule has 0 unspecified atom stereocenters. The van der Waals surface area contributed by atoms with Crippen LogP contribution in [-0.4, -0.2) is 41.1 Å². The first-order valence-corrected chi connectivity index (χ1v) is 9.50. The van der Waals surface area contributed by atoms with Crippen LogP contribution >= 0.6 is 11.8 Å². The van der Waals surface area contributed by atoms with E-state index in [1.165, 1.54) is 11.8 Å². The van der Waals surface area contributed by atoms with E-state index in [1.54, 1.807) is 9.36 Å². The average molecular weight is 385 g/mol. The summed E-state index contributed by atoms with van der Waals surface area (Å²) in [6.07, 6.45) is 0. The second-order valence-electron chi connectivity index (χ2n) is 6.53. The fourth-order valence-electron chi connectivity index (χ4n) is 2.92. The molecule has 0 aliphatic rings. The molecule has 2 heterocycles. The number of carbonyl (C=O) groups is 1. The van der Waals surface area contributed by atoms with Crippen LogP contribution in [0.25, 0.3) is 5.69 Å². The molecule has 0 saturated heterocycles. The number of thioether (sulfide) groups is 1. The van der Waals surface area contributed by atoms with Crippen LogP contribution in [0.4, 0.5) is 5.69 Å². The first kappa shape index (κ1) is 19.1. The second kappa shape index (κ2) is 7.51. The highest BCUT2D eigenvalue weighted by molar-refractivity contribution is 8.00. The number of nitrogens with one attached hydrogen (secondary N) is 1. The summed E-state index contributed by atoms with van der Waals surface area (Å²) < 4.78 is 3.45. The van der Waals surface area contributed by atoms with Gasteiger partial charge in [0.15, 0.2) is 0 Å². The molecular weight excluding hydrogens is 362 g/mol. The summed E-state index contributed by atoms with van der Waals surface area (Å²) in [5, 5.41) is 19.5. The third-order valence-corrected chi connectivity index (χ3v) is 5.53. The van der Waals surface area contributed by atoms with Gasteiger partial charge in [0.1, 0.15) is 0 Å². The zero-order valence-corrected chi connectivity index (χ0v) is 17.1. The van der Waals surface area contributed by atoms with Crippen molar-refractivity contribution in [3.8, 4) is 5.69 Å². The van der Waals surface area contributed by atoms with Gasteiger partial charge in [-0.25, -0.2) is 0 Å². The van der Waals surface area contributed by atoms with Crippen LogP contribution in [0.2, 0.25) is 0 Å². The fraction of sp³-hybridized carbons (Fsp3) is 0.389. The maximum atomic E-state index is 12.7. The molecule has 1 atom stereocenters. The molecule has 2 aromatic heterocycles. The minimum atomic E-state index is -0.377.